The minimum absolute atomic E-state index is 0. The maximum Gasteiger partial charge on any atom is 0.319 e. The van der Waals surface area contributed by atoms with E-state index in [0.717, 1.165) is 29.3 Å². The second-order valence-corrected chi connectivity index (χ2v) is 7.92. The number of anilines is 2. The molecule has 2 aromatic carbocycles. The van der Waals surface area contributed by atoms with Crippen LogP contribution in [0.5, 0.6) is 0 Å². The predicted octanol–water partition coefficient (Wildman–Crippen LogP) is 4.01. The van der Waals surface area contributed by atoms with Gasteiger partial charge in [0.25, 0.3) is 0 Å². The molecule has 33 heavy (non-hydrogen) atoms. The van der Waals surface area contributed by atoms with Crippen LogP contribution in [0.1, 0.15) is 19.4 Å². The van der Waals surface area contributed by atoms with Gasteiger partial charge in [-0.1, -0.05) is 12.1 Å². The molecule has 0 radical (unpaired) electrons. The Labute approximate surface area is 210 Å². The molecule has 0 saturated carbocycles. The fraction of sp³-hybridized carbons (Fsp3) is 0.391. The quantitative estimate of drug-likeness (QED) is 0.288. The fourth-order valence-corrected chi connectivity index (χ4v) is 3.54. The second kappa shape index (κ2) is 12.6. The van der Waals surface area contributed by atoms with Gasteiger partial charge in [0.05, 0.1) is 5.69 Å². The highest BCUT2D eigenvalue weighted by Crippen LogP contribution is 2.22. The third-order valence-electron chi connectivity index (χ3n) is 5.12. The summed E-state index contributed by atoms with van der Waals surface area (Å²) in [4.78, 5) is 20.1. The Bertz CT molecular complexity index is 946. The molecule has 10 heteroatoms. The number of piperazine rings is 1. The molecule has 0 bridgehead atoms. The van der Waals surface area contributed by atoms with Gasteiger partial charge in [0, 0.05) is 57.6 Å². The van der Waals surface area contributed by atoms with Crippen molar-refractivity contribution in [3.8, 4) is 0 Å². The van der Waals surface area contributed by atoms with Crippen LogP contribution >= 0.6 is 24.0 Å². The Morgan fingerprint density at radius 1 is 1.06 bits per heavy atom. The van der Waals surface area contributed by atoms with Crippen LogP contribution in [0.3, 0.4) is 0 Å². The molecule has 1 fully saturated rings. The van der Waals surface area contributed by atoms with Crippen LogP contribution in [0.25, 0.3) is 0 Å². The van der Waals surface area contributed by atoms with E-state index in [2.05, 4.69) is 25.8 Å². The zero-order valence-corrected chi connectivity index (χ0v) is 21.4. The number of nitrogens with one attached hydrogen (secondary N) is 3. The van der Waals surface area contributed by atoms with E-state index >= 15 is 0 Å². The van der Waals surface area contributed by atoms with E-state index in [1.54, 1.807) is 7.05 Å². The number of benzene rings is 2. The van der Waals surface area contributed by atoms with Crippen LogP contribution in [0.2, 0.25) is 0 Å². The molecular weight excluding hydrogens is 541 g/mol. The summed E-state index contributed by atoms with van der Waals surface area (Å²) in [6.45, 7) is 6.80. The summed E-state index contributed by atoms with van der Waals surface area (Å²) < 4.78 is 27.6. The molecule has 1 saturated heterocycles. The van der Waals surface area contributed by atoms with Gasteiger partial charge >= 0.3 is 6.03 Å². The smallest absolute Gasteiger partial charge is 0.319 e. The molecule has 2 amide bonds. The number of guanidine groups is 1. The molecule has 180 valence electrons. The van der Waals surface area contributed by atoms with Gasteiger partial charge in [-0.25, -0.2) is 13.6 Å². The average Bonchev–Trinajstić information content (AvgIpc) is 2.77. The van der Waals surface area contributed by atoms with Crippen LogP contribution in [-0.2, 0) is 6.54 Å². The molecule has 3 rings (SSSR count). The van der Waals surface area contributed by atoms with Gasteiger partial charge in [-0.15, -0.1) is 24.0 Å². The van der Waals surface area contributed by atoms with Crippen molar-refractivity contribution in [3.05, 3.63) is 59.7 Å². The molecule has 0 aliphatic carbocycles. The Kier molecular flexibility index (Phi) is 10.1. The number of rotatable bonds is 5. The second-order valence-electron chi connectivity index (χ2n) is 7.92. The van der Waals surface area contributed by atoms with Crippen LogP contribution < -0.4 is 20.9 Å². The highest BCUT2D eigenvalue weighted by atomic mass is 127. The maximum atomic E-state index is 14.1. The van der Waals surface area contributed by atoms with Crippen molar-refractivity contribution in [2.24, 2.45) is 4.99 Å². The van der Waals surface area contributed by atoms with E-state index in [-0.39, 0.29) is 36.0 Å². The first kappa shape index (κ1) is 26.6. The lowest BCUT2D eigenvalue weighted by atomic mass is 10.2. The van der Waals surface area contributed by atoms with Crippen LogP contribution in [0.4, 0.5) is 25.0 Å². The third-order valence-corrected chi connectivity index (χ3v) is 5.12. The van der Waals surface area contributed by atoms with Crippen molar-refractivity contribution in [3.63, 3.8) is 0 Å². The van der Waals surface area contributed by atoms with Gasteiger partial charge in [-0.2, -0.15) is 0 Å². The Balaban J connectivity index is 0.00000385. The Morgan fingerprint density at radius 2 is 1.73 bits per heavy atom. The molecular formula is C23H31F2IN6O. The SMILES string of the molecule is CN=C(NCc1ccc(NC(=O)NC(C)C)cc1)N1CCN(c2cc(F)ccc2F)CC1.I. The minimum Gasteiger partial charge on any atom is -0.366 e. The summed E-state index contributed by atoms with van der Waals surface area (Å²) >= 11 is 0. The van der Waals surface area contributed by atoms with Gasteiger partial charge in [-0.05, 0) is 43.7 Å². The lowest BCUT2D eigenvalue weighted by molar-refractivity contribution is 0.250. The summed E-state index contributed by atoms with van der Waals surface area (Å²) in [5.74, 6) is -0.104. The van der Waals surface area contributed by atoms with E-state index < -0.39 is 11.6 Å². The zero-order chi connectivity index (χ0) is 23.1. The number of carbonyl (C=O) groups excluding carboxylic acids is 1. The van der Waals surface area contributed by atoms with Gasteiger partial charge in [-0.3, -0.25) is 4.99 Å². The fourth-order valence-electron chi connectivity index (χ4n) is 3.54. The zero-order valence-electron chi connectivity index (χ0n) is 19.1. The minimum atomic E-state index is -0.442. The Morgan fingerprint density at radius 3 is 2.33 bits per heavy atom. The molecule has 0 spiro atoms. The maximum absolute atomic E-state index is 14.1. The molecule has 1 aliphatic heterocycles. The molecule has 1 heterocycles. The van der Waals surface area contributed by atoms with Crippen molar-refractivity contribution in [2.75, 3.05) is 43.4 Å². The van der Waals surface area contributed by atoms with Gasteiger partial charge in [0.2, 0.25) is 0 Å². The van der Waals surface area contributed by atoms with Crippen LogP contribution in [-0.4, -0.2) is 56.2 Å². The molecule has 0 aromatic heterocycles. The van der Waals surface area contributed by atoms with E-state index in [1.807, 2.05) is 43.0 Å². The summed E-state index contributed by atoms with van der Waals surface area (Å²) in [6.07, 6.45) is 0. The summed E-state index contributed by atoms with van der Waals surface area (Å²) in [7, 11) is 1.72. The molecule has 1 aliphatic rings. The summed E-state index contributed by atoms with van der Waals surface area (Å²) in [5, 5.41) is 8.92. The number of urea groups is 1. The number of halogens is 3. The first-order valence-corrected chi connectivity index (χ1v) is 10.7. The molecule has 0 unspecified atom stereocenters. The third kappa shape index (κ3) is 7.72. The first-order valence-electron chi connectivity index (χ1n) is 10.7. The van der Waals surface area contributed by atoms with E-state index in [4.69, 9.17) is 0 Å². The highest BCUT2D eigenvalue weighted by molar-refractivity contribution is 14.0. The standard InChI is InChI=1S/C23H30F2N6O.HI/c1-16(2)28-23(32)29-19-7-4-17(5-8-19)15-27-22(26-3)31-12-10-30(11-13-31)21-14-18(24)6-9-20(21)25;/h4-9,14,16H,10-13,15H2,1-3H3,(H,26,27)(H2,28,29,32);1H. The number of hydrogen-bond donors (Lipinski definition) is 3. The highest BCUT2D eigenvalue weighted by Gasteiger charge is 2.22. The van der Waals surface area contributed by atoms with E-state index in [1.165, 1.54) is 6.07 Å². The average molecular weight is 572 g/mol. The van der Waals surface area contributed by atoms with Crippen molar-refractivity contribution in [2.45, 2.75) is 26.4 Å². The van der Waals surface area contributed by atoms with Crippen molar-refractivity contribution < 1.29 is 13.6 Å². The lowest BCUT2D eigenvalue weighted by Crippen LogP contribution is -2.52. The largest absolute Gasteiger partial charge is 0.366 e. The lowest BCUT2D eigenvalue weighted by Gasteiger charge is -2.37. The van der Waals surface area contributed by atoms with Crippen LogP contribution in [0.15, 0.2) is 47.5 Å². The van der Waals surface area contributed by atoms with E-state index in [0.29, 0.717) is 38.4 Å². The van der Waals surface area contributed by atoms with Gasteiger partial charge in [0.15, 0.2) is 5.96 Å². The van der Waals surface area contributed by atoms with Gasteiger partial charge < -0.3 is 25.8 Å². The number of hydrogen-bond acceptors (Lipinski definition) is 3. The number of aliphatic imine (C=N–C) groups is 1. The molecule has 7 nitrogen and oxygen atoms in total. The summed E-state index contributed by atoms with van der Waals surface area (Å²) in [6, 6.07) is 11.0. The number of nitrogens with zero attached hydrogens (tertiary/aromatic N) is 3. The molecule has 3 N–H and O–H groups in total. The van der Waals surface area contributed by atoms with Crippen molar-refractivity contribution >= 4 is 47.3 Å². The predicted molar refractivity (Wildman–Crippen MR) is 139 cm³/mol. The number of carbonyl (C=O) groups is 1. The Hall–Kier alpha value is -2.63. The topological polar surface area (TPSA) is 72.0 Å². The van der Waals surface area contributed by atoms with Crippen molar-refractivity contribution in [1.82, 2.24) is 15.5 Å². The first-order chi connectivity index (χ1) is 15.4. The van der Waals surface area contributed by atoms with Gasteiger partial charge in [0.1, 0.15) is 11.6 Å². The van der Waals surface area contributed by atoms with Crippen molar-refractivity contribution in [1.29, 1.82) is 0 Å². The molecule has 0 atom stereocenters. The van der Waals surface area contributed by atoms with Crippen LogP contribution in [0, 0.1) is 11.6 Å². The monoisotopic (exact) mass is 572 g/mol. The van der Waals surface area contributed by atoms with E-state index in [9.17, 15) is 13.6 Å². The molecule has 2 aromatic rings. The normalized spacial score (nSPS) is 14.1. The summed E-state index contributed by atoms with van der Waals surface area (Å²) in [5.41, 5.74) is 2.06. The number of amides is 2.